The topological polar surface area (TPSA) is 0 Å². The van der Waals surface area contributed by atoms with E-state index < -0.39 is 0 Å². The molecule has 0 aromatic heterocycles. The second kappa shape index (κ2) is 8.79. The van der Waals surface area contributed by atoms with Gasteiger partial charge in [0.2, 0.25) is 0 Å². The van der Waals surface area contributed by atoms with Crippen LogP contribution in [0.1, 0.15) is 54.9 Å². The quantitative estimate of drug-likeness (QED) is 0.384. The van der Waals surface area contributed by atoms with Crippen LogP contribution in [0.15, 0.2) is 71.9 Å². The van der Waals surface area contributed by atoms with Gasteiger partial charge in [-0.1, -0.05) is 71.6 Å². The van der Waals surface area contributed by atoms with Crippen LogP contribution >= 0.6 is 0 Å². The summed E-state index contributed by atoms with van der Waals surface area (Å²) in [6.45, 7) is 17.9. The molecule has 0 spiro atoms. The standard InChI is InChI=1S/C24H34F2/c1-9-19(15-18(4)16-20(25)10-2)14-17(3)12-11-13-21(26)22-23(5,6)24(22,7)8/h9-13,15-17,22H,1,14H2,2-8H3/b12-11-,18-16+,19-15+,20-10+,21-13+. The SMILES string of the molecule is C=C\C(=C/C(C)=C/C(F)=C\C)CC(C)/C=C\C=C(\F)C1C(C)(C)C1(C)C. The van der Waals surface area contributed by atoms with Crippen LogP contribution in [-0.4, -0.2) is 0 Å². The Labute approximate surface area is 158 Å². The number of rotatable bonds is 8. The lowest BCUT2D eigenvalue weighted by atomic mass is 9.98. The van der Waals surface area contributed by atoms with Gasteiger partial charge in [-0.25, -0.2) is 8.78 Å². The van der Waals surface area contributed by atoms with E-state index in [0.717, 1.165) is 17.6 Å². The van der Waals surface area contributed by atoms with Crippen molar-refractivity contribution in [2.45, 2.75) is 54.9 Å². The van der Waals surface area contributed by atoms with Crippen molar-refractivity contribution in [2.24, 2.45) is 22.7 Å². The van der Waals surface area contributed by atoms with Crippen LogP contribution in [0.4, 0.5) is 8.78 Å². The Morgan fingerprint density at radius 1 is 1.12 bits per heavy atom. The molecule has 0 saturated heterocycles. The summed E-state index contributed by atoms with van der Waals surface area (Å²) in [6.07, 6.45) is 12.9. The molecule has 0 aliphatic heterocycles. The minimum absolute atomic E-state index is 0.00658. The third kappa shape index (κ3) is 5.40. The zero-order valence-corrected chi connectivity index (χ0v) is 17.4. The van der Waals surface area contributed by atoms with E-state index in [1.807, 2.05) is 25.2 Å². The molecule has 144 valence electrons. The van der Waals surface area contributed by atoms with Gasteiger partial charge in [0.05, 0.1) is 0 Å². The van der Waals surface area contributed by atoms with E-state index in [2.05, 4.69) is 41.2 Å². The van der Waals surface area contributed by atoms with Gasteiger partial charge < -0.3 is 0 Å². The average molecular weight is 361 g/mol. The van der Waals surface area contributed by atoms with Crippen molar-refractivity contribution >= 4 is 0 Å². The zero-order chi connectivity index (χ0) is 20.1. The van der Waals surface area contributed by atoms with E-state index in [1.54, 1.807) is 19.1 Å². The van der Waals surface area contributed by atoms with Gasteiger partial charge in [-0.3, -0.25) is 0 Å². The van der Waals surface area contributed by atoms with Gasteiger partial charge in [-0.05, 0) is 60.3 Å². The molecule has 0 aromatic carbocycles. The number of allylic oxidation sites excluding steroid dienone is 11. The van der Waals surface area contributed by atoms with E-state index in [0.29, 0.717) is 0 Å². The molecule has 1 aliphatic carbocycles. The molecule has 1 atom stereocenters. The smallest absolute Gasteiger partial charge is 0.119 e. The lowest BCUT2D eigenvalue weighted by molar-refractivity contribution is 0.457. The number of halogens is 2. The molecule has 0 nitrogen and oxygen atoms in total. The van der Waals surface area contributed by atoms with E-state index in [1.165, 1.54) is 12.2 Å². The summed E-state index contributed by atoms with van der Waals surface area (Å²) < 4.78 is 27.7. The third-order valence-corrected chi connectivity index (χ3v) is 5.87. The Morgan fingerprint density at radius 2 is 1.69 bits per heavy atom. The molecule has 1 fully saturated rings. The molecule has 1 unspecified atom stereocenters. The summed E-state index contributed by atoms with van der Waals surface area (Å²) in [5, 5.41) is 0. The van der Waals surface area contributed by atoms with Gasteiger partial charge >= 0.3 is 0 Å². The summed E-state index contributed by atoms with van der Waals surface area (Å²) in [5.41, 5.74) is 1.90. The summed E-state index contributed by atoms with van der Waals surface area (Å²) >= 11 is 0. The van der Waals surface area contributed by atoms with E-state index in [4.69, 9.17) is 0 Å². The molecule has 26 heavy (non-hydrogen) atoms. The van der Waals surface area contributed by atoms with Crippen LogP contribution in [0.2, 0.25) is 0 Å². The normalized spacial score (nSPS) is 22.7. The Balaban J connectivity index is 2.71. The van der Waals surface area contributed by atoms with E-state index in [9.17, 15) is 8.78 Å². The van der Waals surface area contributed by atoms with Crippen LogP contribution < -0.4 is 0 Å². The largest absolute Gasteiger partial charge is 0.211 e. The maximum Gasteiger partial charge on any atom is 0.119 e. The first-order valence-electron chi connectivity index (χ1n) is 9.34. The monoisotopic (exact) mass is 360 g/mol. The molecular weight excluding hydrogens is 326 g/mol. The summed E-state index contributed by atoms with van der Waals surface area (Å²) in [5.74, 6) is -0.0547. The molecule has 0 bridgehead atoms. The fourth-order valence-corrected chi connectivity index (χ4v) is 3.60. The fraction of sp³-hybridized carbons (Fsp3) is 0.500. The first-order valence-corrected chi connectivity index (χ1v) is 9.34. The fourth-order valence-electron chi connectivity index (χ4n) is 3.60. The van der Waals surface area contributed by atoms with Crippen molar-refractivity contribution in [3.8, 4) is 0 Å². The lowest BCUT2D eigenvalue weighted by Crippen LogP contribution is -1.95. The van der Waals surface area contributed by atoms with Crippen LogP contribution in [0.25, 0.3) is 0 Å². The molecule has 0 amide bonds. The van der Waals surface area contributed by atoms with Gasteiger partial charge in [0, 0.05) is 5.92 Å². The average Bonchev–Trinajstić information content (AvgIpc) is 2.95. The van der Waals surface area contributed by atoms with Crippen LogP contribution in [0.5, 0.6) is 0 Å². The van der Waals surface area contributed by atoms with Crippen molar-refractivity contribution in [3.63, 3.8) is 0 Å². The van der Waals surface area contributed by atoms with Crippen molar-refractivity contribution < 1.29 is 8.78 Å². The summed E-state index contributed by atoms with van der Waals surface area (Å²) in [6, 6.07) is 0. The minimum Gasteiger partial charge on any atom is -0.211 e. The van der Waals surface area contributed by atoms with Gasteiger partial charge in [0.1, 0.15) is 11.7 Å². The lowest BCUT2D eigenvalue weighted by Gasteiger charge is -2.07. The Kier molecular flexibility index (Phi) is 7.56. The zero-order valence-electron chi connectivity index (χ0n) is 17.4. The molecule has 0 aromatic rings. The number of hydrogen-bond donors (Lipinski definition) is 0. The maximum atomic E-state index is 14.4. The Morgan fingerprint density at radius 3 is 2.15 bits per heavy atom. The van der Waals surface area contributed by atoms with Crippen LogP contribution in [-0.2, 0) is 0 Å². The minimum atomic E-state index is -0.248. The predicted molar refractivity (Wildman–Crippen MR) is 110 cm³/mol. The second-order valence-corrected chi connectivity index (χ2v) is 8.48. The summed E-state index contributed by atoms with van der Waals surface area (Å²) in [4.78, 5) is 0. The van der Waals surface area contributed by atoms with E-state index >= 15 is 0 Å². The molecule has 2 heteroatoms. The van der Waals surface area contributed by atoms with Gasteiger partial charge in [-0.15, -0.1) is 0 Å². The van der Waals surface area contributed by atoms with E-state index in [-0.39, 0.29) is 34.3 Å². The highest BCUT2D eigenvalue weighted by Gasteiger charge is 2.66. The van der Waals surface area contributed by atoms with Crippen molar-refractivity contribution in [3.05, 3.63) is 71.9 Å². The van der Waals surface area contributed by atoms with Crippen molar-refractivity contribution in [2.75, 3.05) is 0 Å². The molecule has 0 N–H and O–H groups in total. The Hall–Kier alpha value is -1.70. The van der Waals surface area contributed by atoms with Gasteiger partial charge in [0.15, 0.2) is 0 Å². The third-order valence-electron chi connectivity index (χ3n) is 5.87. The predicted octanol–water partition coefficient (Wildman–Crippen LogP) is 8.04. The molecule has 0 radical (unpaired) electrons. The molecule has 1 rings (SSSR count). The first-order chi connectivity index (χ1) is 12.0. The van der Waals surface area contributed by atoms with Crippen molar-refractivity contribution in [1.82, 2.24) is 0 Å². The number of hydrogen-bond acceptors (Lipinski definition) is 0. The molecule has 0 heterocycles. The molecule has 1 aliphatic rings. The van der Waals surface area contributed by atoms with Gasteiger partial charge in [0.25, 0.3) is 0 Å². The first kappa shape index (κ1) is 22.3. The Bertz CT molecular complexity index is 652. The highest BCUT2D eigenvalue weighted by molar-refractivity contribution is 5.32. The van der Waals surface area contributed by atoms with Gasteiger partial charge in [-0.2, -0.15) is 0 Å². The summed E-state index contributed by atoms with van der Waals surface area (Å²) in [7, 11) is 0. The highest BCUT2D eigenvalue weighted by Crippen LogP contribution is 2.71. The maximum absolute atomic E-state index is 14.4. The second-order valence-electron chi connectivity index (χ2n) is 8.48. The highest BCUT2D eigenvalue weighted by atomic mass is 19.1. The molecule has 1 saturated carbocycles. The van der Waals surface area contributed by atoms with Crippen molar-refractivity contribution in [1.29, 1.82) is 0 Å². The van der Waals surface area contributed by atoms with Crippen LogP contribution in [0, 0.1) is 22.7 Å². The van der Waals surface area contributed by atoms with Crippen LogP contribution in [0.3, 0.4) is 0 Å². The molecular formula is C24H34F2.